The smallest absolute Gasteiger partial charge is 0.262 e. The fraction of sp³-hybridized carbons (Fsp3) is 0. The maximum Gasteiger partial charge on any atom is 0.262 e. The summed E-state index contributed by atoms with van der Waals surface area (Å²) in [6, 6.07) is 7.70. The zero-order valence-electron chi connectivity index (χ0n) is 8.50. The molecule has 0 saturated carbocycles. The number of halogens is 1. The summed E-state index contributed by atoms with van der Waals surface area (Å²) in [7, 11) is 0. The normalized spacial score (nSPS) is 10.9. The minimum absolute atomic E-state index is 0.400. The first kappa shape index (κ1) is 10.6. The number of aromatic nitrogens is 3. The zero-order valence-corrected chi connectivity index (χ0v) is 10.1. The average Bonchev–Trinajstić information content (AvgIpc) is 2.86. The number of hydrogen-bond acceptors (Lipinski definition) is 5. The monoisotopic (exact) mass is 263 g/mol. The van der Waals surface area contributed by atoms with Crippen molar-refractivity contribution in [3.63, 3.8) is 0 Å². The molecule has 0 unspecified atom stereocenters. The van der Waals surface area contributed by atoms with Crippen molar-refractivity contribution in [3.05, 3.63) is 41.9 Å². The summed E-state index contributed by atoms with van der Waals surface area (Å²) < 4.78 is 5.17. The number of fused-ring (bicyclic) bond motifs is 1. The van der Waals surface area contributed by atoms with Crippen molar-refractivity contribution in [2.24, 2.45) is 0 Å². The van der Waals surface area contributed by atoms with Gasteiger partial charge in [-0.3, -0.25) is 0 Å². The van der Waals surface area contributed by atoms with Crippen LogP contribution in [0.5, 0.6) is 0 Å². The highest BCUT2D eigenvalue weighted by Gasteiger charge is 2.10. The molecule has 0 aliphatic heterocycles. The van der Waals surface area contributed by atoms with Gasteiger partial charge in [-0.25, -0.2) is 4.98 Å². The quantitative estimate of drug-likeness (QED) is 0.709. The minimum Gasteiger partial charge on any atom is -0.440 e. The number of oxazole rings is 1. The van der Waals surface area contributed by atoms with Gasteiger partial charge in [-0.05, 0) is 11.8 Å². The molecule has 3 rings (SSSR count). The van der Waals surface area contributed by atoms with Gasteiger partial charge in [-0.1, -0.05) is 35.9 Å². The number of benzene rings is 1. The zero-order chi connectivity index (χ0) is 11.7. The van der Waals surface area contributed by atoms with Crippen LogP contribution in [0.2, 0.25) is 5.15 Å². The number of nitrogens with zero attached hydrogens (tertiary/aromatic N) is 3. The van der Waals surface area contributed by atoms with Crippen LogP contribution in [-0.2, 0) is 0 Å². The van der Waals surface area contributed by atoms with Gasteiger partial charge in [0.15, 0.2) is 5.15 Å². The van der Waals surface area contributed by atoms with Crippen LogP contribution in [0.1, 0.15) is 0 Å². The average molecular weight is 264 g/mol. The molecule has 0 bridgehead atoms. The summed E-state index contributed by atoms with van der Waals surface area (Å²) in [6.45, 7) is 0. The molecule has 4 nitrogen and oxygen atoms in total. The molecule has 0 amide bonds. The van der Waals surface area contributed by atoms with Gasteiger partial charge in [0.25, 0.3) is 5.22 Å². The van der Waals surface area contributed by atoms with E-state index in [1.165, 1.54) is 18.0 Å². The van der Waals surface area contributed by atoms with Crippen molar-refractivity contribution in [2.45, 2.75) is 10.2 Å². The van der Waals surface area contributed by atoms with Gasteiger partial charge in [0, 0.05) is 10.8 Å². The van der Waals surface area contributed by atoms with E-state index in [0.717, 1.165) is 15.8 Å². The molecule has 6 heteroatoms. The second kappa shape index (κ2) is 4.35. The topological polar surface area (TPSA) is 51.8 Å². The summed E-state index contributed by atoms with van der Waals surface area (Å²) in [5, 5.41) is 11.5. The molecule has 0 saturated heterocycles. The first-order chi connectivity index (χ1) is 8.34. The van der Waals surface area contributed by atoms with Crippen LogP contribution >= 0.6 is 23.4 Å². The Morgan fingerprint density at radius 1 is 1.12 bits per heavy atom. The summed E-state index contributed by atoms with van der Waals surface area (Å²) >= 11 is 7.31. The Balaban J connectivity index is 2.14. The second-order valence-corrected chi connectivity index (χ2v) is 4.54. The highest BCUT2D eigenvalue weighted by Crippen LogP contribution is 2.32. The van der Waals surface area contributed by atoms with Crippen molar-refractivity contribution in [3.8, 4) is 0 Å². The van der Waals surface area contributed by atoms with Crippen LogP contribution in [-0.4, -0.2) is 15.2 Å². The van der Waals surface area contributed by atoms with E-state index >= 15 is 0 Å². The standard InChI is InChI=1S/C11H6ClN3OS/c12-9-7-3-1-2-4-8(7)10(15-14-9)17-11-13-5-6-16-11/h1-6H. The molecular weight excluding hydrogens is 258 g/mol. The Morgan fingerprint density at radius 2 is 1.94 bits per heavy atom. The lowest BCUT2D eigenvalue weighted by Crippen LogP contribution is -1.89. The fourth-order valence-corrected chi connectivity index (χ4v) is 2.42. The Kier molecular flexibility index (Phi) is 2.70. The Labute approximate surface area is 106 Å². The van der Waals surface area contributed by atoms with Crippen LogP contribution in [0.15, 0.2) is 51.4 Å². The highest BCUT2D eigenvalue weighted by molar-refractivity contribution is 7.99. The number of hydrogen-bond donors (Lipinski definition) is 0. The molecule has 2 heterocycles. The molecule has 0 N–H and O–H groups in total. The fourth-order valence-electron chi connectivity index (χ4n) is 1.47. The third kappa shape index (κ3) is 1.99. The molecule has 1 aromatic carbocycles. The van der Waals surface area contributed by atoms with E-state index in [0.29, 0.717) is 10.4 Å². The van der Waals surface area contributed by atoms with Crippen LogP contribution < -0.4 is 0 Å². The van der Waals surface area contributed by atoms with Crippen molar-refractivity contribution in [1.82, 2.24) is 15.2 Å². The van der Waals surface area contributed by atoms with Gasteiger partial charge in [0.1, 0.15) is 11.3 Å². The van der Waals surface area contributed by atoms with Crippen LogP contribution in [0.3, 0.4) is 0 Å². The van der Waals surface area contributed by atoms with E-state index in [4.69, 9.17) is 16.0 Å². The van der Waals surface area contributed by atoms with Crippen LogP contribution in [0.25, 0.3) is 10.8 Å². The van der Waals surface area contributed by atoms with E-state index < -0.39 is 0 Å². The molecule has 3 aromatic rings. The van der Waals surface area contributed by atoms with Crippen LogP contribution in [0, 0.1) is 0 Å². The van der Waals surface area contributed by atoms with E-state index in [1.807, 2.05) is 24.3 Å². The Bertz CT molecular complexity index is 657. The Hall–Kier alpha value is -1.59. The largest absolute Gasteiger partial charge is 0.440 e. The first-order valence-electron chi connectivity index (χ1n) is 4.83. The molecule has 0 spiro atoms. The predicted octanol–water partition coefficient (Wildman–Crippen LogP) is 3.42. The van der Waals surface area contributed by atoms with E-state index in [9.17, 15) is 0 Å². The maximum atomic E-state index is 5.99. The molecular formula is C11H6ClN3OS. The van der Waals surface area contributed by atoms with Crippen molar-refractivity contribution >= 4 is 34.1 Å². The van der Waals surface area contributed by atoms with E-state index in [-0.39, 0.29) is 0 Å². The molecule has 0 aliphatic rings. The predicted molar refractivity (Wildman–Crippen MR) is 65.2 cm³/mol. The number of rotatable bonds is 2. The molecule has 0 atom stereocenters. The van der Waals surface area contributed by atoms with Gasteiger partial charge in [-0.2, -0.15) is 0 Å². The van der Waals surface area contributed by atoms with Gasteiger partial charge in [-0.15, -0.1) is 10.2 Å². The SMILES string of the molecule is Clc1nnc(Sc2ncco2)c2ccccc12. The van der Waals surface area contributed by atoms with Gasteiger partial charge >= 0.3 is 0 Å². The van der Waals surface area contributed by atoms with Crippen molar-refractivity contribution in [1.29, 1.82) is 0 Å². The van der Waals surface area contributed by atoms with Gasteiger partial charge in [0.05, 0.1) is 6.20 Å². The van der Waals surface area contributed by atoms with E-state index in [1.54, 1.807) is 6.20 Å². The molecule has 17 heavy (non-hydrogen) atoms. The Morgan fingerprint density at radius 3 is 2.71 bits per heavy atom. The third-order valence-electron chi connectivity index (χ3n) is 2.20. The first-order valence-corrected chi connectivity index (χ1v) is 6.02. The lowest BCUT2D eigenvalue weighted by Gasteiger charge is -2.02. The summed E-state index contributed by atoms with van der Waals surface area (Å²) in [6.07, 6.45) is 3.11. The van der Waals surface area contributed by atoms with Crippen molar-refractivity contribution in [2.75, 3.05) is 0 Å². The minimum atomic E-state index is 0.400. The molecule has 84 valence electrons. The van der Waals surface area contributed by atoms with Gasteiger partial charge < -0.3 is 4.42 Å². The maximum absolute atomic E-state index is 5.99. The molecule has 2 aromatic heterocycles. The van der Waals surface area contributed by atoms with Crippen LogP contribution in [0.4, 0.5) is 0 Å². The molecule has 0 radical (unpaired) electrons. The second-order valence-electron chi connectivity index (χ2n) is 3.24. The van der Waals surface area contributed by atoms with Gasteiger partial charge in [0.2, 0.25) is 0 Å². The summed E-state index contributed by atoms with van der Waals surface area (Å²) in [4.78, 5) is 4.04. The van der Waals surface area contributed by atoms with Crippen molar-refractivity contribution < 1.29 is 4.42 Å². The molecule has 0 aliphatic carbocycles. The van der Waals surface area contributed by atoms with E-state index in [2.05, 4.69) is 15.2 Å². The third-order valence-corrected chi connectivity index (χ3v) is 3.35. The summed E-state index contributed by atoms with van der Waals surface area (Å²) in [5.74, 6) is 0. The summed E-state index contributed by atoms with van der Waals surface area (Å²) in [5.41, 5.74) is 0. The highest BCUT2D eigenvalue weighted by atomic mass is 35.5. The lowest BCUT2D eigenvalue weighted by molar-refractivity contribution is 0.454. The lowest BCUT2D eigenvalue weighted by atomic mass is 10.2. The molecule has 0 fully saturated rings.